The third-order valence-electron chi connectivity index (χ3n) is 2.77. The second kappa shape index (κ2) is 7.24. The van der Waals surface area contributed by atoms with Crippen LogP contribution < -0.4 is 15.0 Å². The van der Waals surface area contributed by atoms with Gasteiger partial charge in [0.15, 0.2) is 0 Å². The number of nitrogens with one attached hydrogen (secondary N) is 2. The van der Waals surface area contributed by atoms with Gasteiger partial charge in [-0.05, 0) is 45.0 Å². The molecule has 0 aliphatic carbocycles. The Kier molecular flexibility index (Phi) is 5.55. The second-order valence-electron chi connectivity index (χ2n) is 4.73. The molecule has 2 rings (SSSR count). The Morgan fingerprint density at radius 3 is 2.43 bits per heavy atom. The van der Waals surface area contributed by atoms with E-state index in [4.69, 9.17) is 4.74 Å². The molecule has 23 heavy (non-hydrogen) atoms. The molecular weight excluding hydrogens is 384 g/mol. The zero-order valence-corrected chi connectivity index (χ0v) is 15.3. The number of halogens is 1. The van der Waals surface area contributed by atoms with Crippen molar-refractivity contribution in [2.24, 2.45) is 0 Å². The van der Waals surface area contributed by atoms with Gasteiger partial charge in [0.25, 0.3) is 10.0 Å². The van der Waals surface area contributed by atoms with Crippen molar-refractivity contribution in [1.82, 2.24) is 14.8 Å². The van der Waals surface area contributed by atoms with Gasteiger partial charge in [-0.1, -0.05) is 15.9 Å². The van der Waals surface area contributed by atoms with Gasteiger partial charge in [-0.2, -0.15) is 0 Å². The van der Waals surface area contributed by atoms with Gasteiger partial charge >= 0.3 is 0 Å². The van der Waals surface area contributed by atoms with Gasteiger partial charge in [0.2, 0.25) is 5.95 Å². The second-order valence-corrected chi connectivity index (χ2v) is 7.30. The monoisotopic (exact) mass is 400 g/mol. The maximum Gasteiger partial charge on any atom is 0.261 e. The van der Waals surface area contributed by atoms with Crippen molar-refractivity contribution in [1.29, 1.82) is 0 Å². The maximum absolute atomic E-state index is 12.5. The topological polar surface area (TPSA) is 93.2 Å². The predicted octanol–water partition coefficient (Wildman–Crippen LogP) is 2.56. The highest BCUT2D eigenvalue weighted by Gasteiger charge is 2.20. The molecule has 1 aromatic carbocycles. The molecule has 7 nitrogen and oxygen atoms in total. The van der Waals surface area contributed by atoms with Gasteiger partial charge in [0, 0.05) is 15.9 Å². The minimum atomic E-state index is -3.86. The van der Waals surface area contributed by atoms with Gasteiger partial charge in [0.05, 0.1) is 6.61 Å². The van der Waals surface area contributed by atoms with E-state index in [0.717, 1.165) is 11.4 Å². The lowest BCUT2D eigenvalue weighted by molar-refractivity contribution is 0.331. The summed E-state index contributed by atoms with van der Waals surface area (Å²) in [5.41, 5.74) is 3.99. The zero-order chi connectivity index (χ0) is 17.0. The van der Waals surface area contributed by atoms with Crippen LogP contribution in [0.15, 0.2) is 33.6 Å². The van der Waals surface area contributed by atoms with Crippen LogP contribution in [0.2, 0.25) is 0 Å². The highest BCUT2D eigenvalue weighted by atomic mass is 79.9. The number of hydrogen-bond donors (Lipinski definition) is 2. The number of hydrogen-bond acceptors (Lipinski definition) is 6. The van der Waals surface area contributed by atoms with E-state index in [-0.39, 0.29) is 16.6 Å². The molecule has 0 saturated carbocycles. The largest absolute Gasteiger partial charge is 0.492 e. The molecule has 0 unspecified atom stereocenters. The van der Waals surface area contributed by atoms with Crippen LogP contribution in [0.1, 0.15) is 18.3 Å². The number of aryl methyl sites for hydroxylation is 2. The molecular formula is C14H17BrN4O3S. The lowest BCUT2D eigenvalue weighted by Gasteiger charge is -2.13. The highest BCUT2D eigenvalue weighted by Crippen LogP contribution is 2.27. The van der Waals surface area contributed by atoms with Crippen LogP contribution in [0, 0.1) is 13.8 Å². The van der Waals surface area contributed by atoms with E-state index >= 15 is 0 Å². The van der Waals surface area contributed by atoms with Crippen LogP contribution in [-0.2, 0) is 10.0 Å². The molecule has 0 spiro atoms. The van der Waals surface area contributed by atoms with Gasteiger partial charge < -0.3 is 4.74 Å². The molecule has 0 bridgehead atoms. The Hall–Kier alpha value is -1.71. The molecule has 1 aromatic heterocycles. The first-order chi connectivity index (χ1) is 10.8. The molecule has 0 fully saturated rings. The summed E-state index contributed by atoms with van der Waals surface area (Å²) in [4.78, 5) is 10.5. The summed E-state index contributed by atoms with van der Waals surface area (Å²) in [5.74, 6) is 0.449. The van der Waals surface area contributed by atoms with Crippen molar-refractivity contribution in [2.45, 2.75) is 25.7 Å². The number of aromatic nitrogens is 2. The summed E-state index contributed by atoms with van der Waals surface area (Å²) in [6.45, 7) is 5.75. The van der Waals surface area contributed by atoms with Crippen LogP contribution in [0.5, 0.6) is 5.75 Å². The lowest BCUT2D eigenvalue weighted by Crippen LogP contribution is -2.31. The Morgan fingerprint density at radius 1 is 1.17 bits per heavy atom. The van der Waals surface area contributed by atoms with Crippen molar-refractivity contribution < 1.29 is 13.2 Å². The summed E-state index contributed by atoms with van der Waals surface area (Å²) < 4.78 is 31.0. The molecule has 0 amide bonds. The molecule has 2 aromatic rings. The molecule has 0 aliphatic heterocycles. The van der Waals surface area contributed by atoms with Crippen molar-refractivity contribution >= 4 is 31.9 Å². The Labute approximate surface area is 143 Å². The fraction of sp³-hybridized carbons (Fsp3) is 0.286. The molecule has 1 heterocycles. The standard InChI is InChI=1S/C14H17BrN4O3S/c1-4-22-12-6-5-11(15)8-13(12)23(20,21)19-18-14-16-9(2)7-10(3)17-14/h5-8,19H,4H2,1-3H3,(H,16,17,18). The highest BCUT2D eigenvalue weighted by molar-refractivity contribution is 9.10. The van der Waals surface area contributed by atoms with Gasteiger partial charge in [-0.25, -0.2) is 18.4 Å². The average Bonchev–Trinajstić information content (AvgIpc) is 2.46. The summed E-state index contributed by atoms with van der Waals surface area (Å²) in [6, 6.07) is 6.57. The van der Waals surface area contributed by atoms with E-state index in [1.54, 1.807) is 39.0 Å². The first-order valence-electron chi connectivity index (χ1n) is 6.84. The molecule has 0 saturated heterocycles. The van der Waals surface area contributed by atoms with Gasteiger partial charge in [0.1, 0.15) is 10.6 Å². The predicted molar refractivity (Wildman–Crippen MR) is 90.8 cm³/mol. The lowest BCUT2D eigenvalue weighted by atomic mass is 10.3. The van der Waals surface area contributed by atoms with Crippen LogP contribution in [0.3, 0.4) is 0 Å². The van der Waals surface area contributed by atoms with E-state index in [0.29, 0.717) is 11.1 Å². The molecule has 0 radical (unpaired) electrons. The fourth-order valence-corrected chi connectivity index (χ4v) is 3.44. The Balaban J connectivity index is 2.26. The molecule has 124 valence electrons. The SMILES string of the molecule is CCOc1ccc(Br)cc1S(=O)(=O)NNc1nc(C)cc(C)n1. The number of rotatable bonds is 6. The minimum Gasteiger partial charge on any atom is -0.492 e. The number of nitrogens with zero attached hydrogens (tertiary/aromatic N) is 2. The number of benzene rings is 1. The maximum atomic E-state index is 12.5. The van der Waals surface area contributed by atoms with Crippen molar-refractivity contribution in [3.8, 4) is 5.75 Å². The molecule has 2 N–H and O–H groups in total. The van der Waals surface area contributed by atoms with Crippen LogP contribution in [-0.4, -0.2) is 25.0 Å². The Bertz CT molecular complexity index is 791. The fourth-order valence-electron chi connectivity index (χ4n) is 1.92. The van der Waals surface area contributed by atoms with E-state index < -0.39 is 10.0 Å². The van der Waals surface area contributed by atoms with Crippen LogP contribution in [0.25, 0.3) is 0 Å². The molecule has 9 heteroatoms. The molecule has 0 atom stereocenters. The zero-order valence-electron chi connectivity index (χ0n) is 12.9. The number of sulfonamides is 1. The summed E-state index contributed by atoms with van der Waals surface area (Å²) in [7, 11) is -3.86. The summed E-state index contributed by atoms with van der Waals surface area (Å²) in [6.07, 6.45) is 0. The van der Waals surface area contributed by atoms with Crippen LogP contribution >= 0.6 is 15.9 Å². The van der Waals surface area contributed by atoms with E-state index in [1.165, 1.54) is 6.07 Å². The quantitative estimate of drug-likeness (QED) is 0.723. The number of ether oxygens (including phenoxy) is 1. The Morgan fingerprint density at radius 2 is 1.83 bits per heavy atom. The summed E-state index contributed by atoms with van der Waals surface area (Å²) in [5, 5.41) is 0. The average molecular weight is 401 g/mol. The van der Waals surface area contributed by atoms with Crippen molar-refractivity contribution in [3.05, 3.63) is 40.1 Å². The third-order valence-corrected chi connectivity index (χ3v) is 4.54. The van der Waals surface area contributed by atoms with Gasteiger partial charge in [-0.3, -0.25) is 5.43 Å². The smallest absolute Gasteiger partial charge is 0.261 e. The van der Waals surface area contributed by atoms with Crippen molar-refractivity contribution in [3.63, 3.8) is 0 Å². The number of anilines is 1. The van der Waals surface area contributed by atoms with Crippen LogP contribution in [0.4, 0.5) is 5.95 Å². The first-order valence-corrected chi connectivity index (χ1v) is 9.12. The molecule has 0 aliphatic rings. The van der Waals surface area contributed by atoms with Crippen molar-refractivity contribution in [2.75, 3.05) is 12.0 Å². The third kappa shape index (κ3) is 4.63. The number of hydrazine groups is 1. The van der Waals surface area contributed by atoms with E-state index in [2.05, 4.69) is 36.2 Å². The van der Waals surface area contributed by atoms with E-state index in [9.17, 15) is 8.42 Å². The normalized spacial score (nSPS) is 11.3. The minimum absolute atomic E-state index is 0.0191. The first kappa shape index (κ1) is 17.6. The summed E-state index contributed by atoms with van der Waals surface area (Å²) >= 11 is 3.26. The van der Waals surface area contributed by atoms with E-state index in [1.807, 2.05) is 0 Å². The van der Waals surface area contributed by atoms with Gasteiger partial charge in [-0.15, -0.1) is 4.83 Å².